The zero-order valence-corrected chi connectivity index (χ0v) is 15.6. The predicted octanol–water partition coefficient (Wildman–Crippen LogP) is 3.91. The van der Waals surface area contributed by atoms with E-state index < -0.39 is 24.3 Å². The van der Waals surface area contributed by atoms with E-state index in [0.717, 1.165) is 27.2 Å². The van der Waals surface area contributed by atoms with Gasteiger partial charge in [0, 0.05) is 12.3 Å². The van der Waals surface area contributed by atoms with Gasteiger partial charge in [0.15, 0.2) is 0 Å². The Balaban J connectivity index is 1.50. The molecule has 0 aromatic heterocycles. The van der Waals surface area contributed by atoms with Crippen LogP contribution in [0.1, 0.15) is 30.4 Å². The second-order valence-electron chi connectivity index (χ2n) is 7.06. The van der Waals surface area contributed by atoms with Crippen LogP contribution in [0.4, 0.5) is 9.18 Å². The summed E-state index contributed by atoms with van der Waals surface area (Å²) >= 11 is 0. The number of likely N-dealkylation sites (tertiary alicyclic amines) is 1. The smallest absolute Gasteiger partial charge is 0.410 e. The highest BCUT2D eigenvalue weighted by atomic mass is 19.1. The molecule has 1 amide bonds. The van der Waals surface area contributed by atoms with E-state index in [1.54, 1.807) is 6.92 Å². The summed E-state index contributed by atoms with van der Waals surface area (Å²) in [7, 11) is 0. The van der Waals surface area contributed by atoms with Crippen molar-refractivity contribution < 1.29 is 23.5 Å². The van der Waals surface area contributed by atoms with Gasteiger partial charge < -0.3 is 9.47 Å². The Kier molecular flexibility index (Phi) is 5.03. The highest BCUT2D eigenvalue weighted by molar-refractivity contribution is 5.83. The van der Waals surface area contributed by atoms with E-state index in [-0.39, 0.29) is 32.1 Å². The van der Waals surface area contributed by atoms with Crippen LogP contribution in [0.15, 0.2) is 48.5 Å². The maximum atomic E-state index is 13.9. The lowest BCUT2D eigenvalue weighted by molar-refractivity contribution is -0.148. The number of hydrogen-bond acceptors (Lipinski definition) is 4. The largest absolute Gasteiger partial charge is 0.464 e. The van der Waals surface area contributed by atoms with E-state index >= 15 is 0 Å². The van der Waals surface area contributed by atoms with Crippen LogP contribution >= 0.6 is 0 Å². The third-order valence-corrected chi connectivity index (χ3v) is 5.38. The minimum atomic E-state index is -1.25. The van der Waals surface area contributed by atoms with E-state index in [1.807, 2.05) is 36.4 Å². The van der Waals surface area contributed by atoms with E-state index in [0.29, 0.717) is 0 Å². The summed E-state index contributed by atoms with van der Waals surface area (Å²) in [5, 5.41) is 0. The van der Waals surface area contributed by atoms with Crippen LogP contribution in [0.25, 0.3) is 11.1 Å². The number of benzene rings is 2. The van der Waals surface area contributed by atoms with Gasteiger partial charge in [0.2, 0.25) is 0 Å². The van der Waals surface area contributed by atoms with Crippen LogP contribution in [0.2, 0.25) is 0 Å². The highest BCUT2D eigenvalue weighted by Gasteiger charge is 2.42. The molecule has 4 rings (SSSR count). The number of alkyl halides is 1. The van der Waals surface area contributed by atoms with Gasteiger partial charge in [-0.05, 0) is 29.2 Å². The minimum absolute atomic E-state index is 0.0526. The van der Waals surface area contributed by atoms with E-state index in [1.165, 1.54) is 0 Å². The summed E-state index contributed by atoms with van der Waals surface area (Å²) in [5.74, 6) is -0.669. The number of rotatable bonds is 4. The van der Waals surface area contributed by atoms with Crippen molar-refractivity contribution in [3.05, 3.63) is 59.7 Å². The summed E-state index contributed by atoms with van der Waals surface area (Å²) < 4.78 is 24.4. The molecule has 2 atom stereocenters. The van der Waals surface area contributed by atoms with E-state index in [9.17, 15) is 14.0 Å². The zero-order valence-electron chi connectivity index (χ0n) is 15.6. The number of ether oxygens (including phenoxy) is 2. The van der Waals surface area contributed by atoms with Crippen LogP contribution in [-0.4, -0.2) is 48.9 Å². The molecule has 0 bridgehead atoms. The van der Waals surface area contributed by atoms with Crippen molar-refractivity contribution in [2.45, 2.75) is 31.5 Å². The highest BCUT2D eigenvalue weighted by Crippen LogP contribution is 2.44. The van der Waals surface area contributed by atoms with Crippen molar-refractivity contribution in [3.63, 3.8) is 0 Å². The normalized spacial score (nSPS) is 20.6. The Hall–Kier alpha value is -2.89. The van der Waals surface area contributed by atoms with Crippen molar-refractivity contribution in [2.24, 2.45) is 0 Å². The Bertz CT molecular complexity index is 854. The van der Waals surface area contributed by atoms with Crippen molar-refractivity contribution in [1.82, 2.24) is 4.90 Å². The first-order chi connectivity index (χ1) is 13.6. The van der Waals surface area contributed by atoms with Crippen LogP contribution in [0, 0.1) is 0 Å². The summed E-state index contributed by atoms with van der Waals surface area (Å²) in [6.45, 7) is 1.85. The molecule has 2 unspecified atom stereocenters. The number of carbonyl (C=O) groups is 2. The molecular weight excluding hydrogens is 361 g/mol. The van der Waals surface area contributed by atoms with Gasteiger partial charge in [-0.3, -0.25) is 4.90 Å². The van der Waals surface area contributed by atoms with Gasteiger partial charge >= 0.3 is 12.1 Å². The first-order valence-electron chi connectivity index (χ1n) is 9.52. The fourth-order valence-electron chi connectivity index (χ4n) is 4.13. The zero-order chi connectivity index (χ0) is 19.7. The van der Waals surface area contributed by atoms with Gasteiger partial charge in [-0.1, -0.05) is 48.5 Å². The van der Waals surface area contributed by atoms with Crippen LogP contribution in [-0.2, 0) is 14.3 Å². The molecule has 0 saturated carbocycles. The molecule has 1 saturated heterocycles. The van der Waals surface area contributed by atoms with Crippen LogP contribution < -0.4 is 0 Å². The second-order valence-corrected chi connectivity index (χ2v) is 7.06. The van der Waals surface area contributed by atoms with Gasteiger partial charge in [-0.2, -0.15) is 0 Å². The van der Waals surface area contributed by atoms with Gasteiger partial charge in [0.1, 0.15) is 18.8 Å². The molecule has 6 heteroatoms. The van der Waals surface area contributed by atoms with Crippen molar-refractivity contribution >= 4 is 12.1 Å². The van der Waals surface area contributed by atoms with Crippen molar-refractivity contribution in [1.29, 1.82) is 0 Å². The van der Waals surface area contributed by atoms with Gasteiger partial charge in [0.05, 0.1) is 13.2 Å². The number of carbonyl (C=O) groups excluding carboxylic acids is 2. The Morgan fingerprint density at radius 2 is 1.64 bits per heavy atom. The Labute approximate surface area is 163 Å². The molecule has 146 valence electrons. The van der Waals surface area contributed by atoms with Gasteiger partial charge in [-0.25, -0.2) is 14.0 Å². The average Bonchev–Trinajstić information content (AvgIpc) is 3.25. The van der Waals surface area contributed by atoms with Crippen molar-refractivity contribution in [2.75, 3.05) is 19.8 Å². The van der Waals surface area contributed by atoms with E-state index in [2.05, 4.69) is 12.1 Å². The SMILES string of the molecule is CCOC(=O)C1CC(F)CN1C(=O)OCC1c2ccccc2-c2ccccc21. The molecule has 5 nitrogen and oxygen atoms in total. The third kappa shape index (κ3) is 3.23. The summed E-state index contributed by atoms with van der Waals surface area (Å²) in [4.78, 5) is 25.8. The molecular formula is C22H22FNO4. The first-order valence-corrected chi connectivity index (χ1v) is 9.52. The number of amides is 1. The summed E-state index contributed by atoms with van der Waals surface area (Å²) in [5.41, 5.74) is 4.47. The molecule has 0 spiro atoms. The number of fused-ring (bicyclic) bond motifs is 3. The van der Waals surface area contributed by atoms with E-state index in [4.69, 9.17) is 9.47 Å². The lowest BCUT2D eigenvalue weighted by Crippen LogP contribution is -2.42. The molecule has 1 fully saturated rings. The minimum Gasteiger partial charge on any atom is -0.464 e. The quantitative estimate of drug-likeness (QED) is 0.751. The fourth-order valence-corrected chi connectivity index (χ4v) is 4.13. The Morgan fingerprint density at radius 3 is 2.25 bits per heavy atom. The number of esters is 1. The van der Waals surface area contributed by atoms with Crippen LogP contribution in [0.5, 0.6) is 0 Å². The summed E-state index contributed by atoms with van der Waals surface area (Å²) in [6.07, 6.45) is -1.99. The molecule has 1 heterocycles. The molecule has 28 heavy (non-hydrogen) atoms. The topological polar surface area (TPSA) is 55.8 Å². The molecule has 0 N–H and O–H groups in total. The summed E-state index contributed by atoms with van der Waals surface area (Å²) in [6, 6.07) is 15.1. The Morgan fingerprint density at radius 1 is 1.04 bits per heavy atom. The monoisotopic (exact) mass is 383 g/mol. The predicted molar refractivity (Wildman–Crippen MR) is 102 cm³/mol. The number of nitrogens with zero attached hydrogens (tertiary/aromatic N) is 1. The lowest BCUT2D eigenvalue weighted by atomic mass is 9.98. The average molecular weight is 383 g/mol. The maximum Gasteiger partial charge on any atom is 0.410 e. The molecule has 2 aromatic rings. The van der Waals surface area contributed by atoms with Gasteiger partial charge in [-0.15, -0.1) is 0 Å². The standard InChI is InChI=1S/C22H22FNO4/c1-2-27-21(25)20-11-14(23)12-24(20)22(26)28-13-19-17-9-5-3-7-15(17)16-8-4-6-10-18(16)19/h3-10,14,19-20H,2,11-13H2,1H3. The fraction of sp³-hybridized carbons (Fsp3) is 0.364. The van der Waals surface area contributed by atoms with Crippen LogP contribution in [0.3, 0.4) is 0 Å². The molecule has 1 aliphatic heterocycles. The maximum absolute atomic E-state index is 13.9. The third-order valence-electron chi connectivity index (χ3n) is 5.38. The molecule has 1 aliphatic carbocycles. The number of hydrogen-bond donors (Lipinski definition) is 0. The number of halogens is 1. The van der Waals surface area contributed by atoms with Crippen molar-refractivity contribution in [3.8, 4) is 11.1 Å². The second kappa shape index (κ2) is 7.62. The molecule has 2 aromatic carbocycles. The lowest BCUT2D eigenvalue weighted by Gasteiger charge is -2.23. The molecule has 0 radical (unpaired) electrons. The molecule has 2 aliphatic rings. The van der Waals surface area contributed by atoms with Gasteiger partial charge in [0.25, 0.3) is 0 Å². The first kappa shape index (κ1) is 18.5.